The molecule has 0 atom stereocenters. The zero-order chi connectivity index (χ0) is 17.7. The minimum Gasteiger partial charge on any atom is -0.473 e. The molecule has 0 aliphatic rings. The van der Waals surface area contributed by atoms with Gasteiger partial charge in [-0.1, -0.05) is 24.3 Å². The van der Waals surface area contributed by atoms with Gasteiger partial charge in [-0.2, -0.15) is 0 Å². The summed E-state index contributed by atoms with van der Waals surface area (Å²) < 4.78 is 9.58. The van der Waals surface area contributed by atoms with Gasteiger partial charge >= 0.3 is 17.9 Å². The molecule has 8 heteroatoms. The van der Waals surface area contributed by atoms with Gasteiger partial charge in [-0.15, -0.1) is 0 Å². The van der Waals surface area contributed by atoms with Crippen LogP contribution >= 0.6 is 0 Å². The quantitative estimate of drug-likeness (QED) is 0.371. The molecule has 0 heterocycles. The number of carbonyl (C=O) groups excluding carboxylic acids is 1. The number of aliphatic carboxylic acids is 2. The third-order valence-electron chi connectivity index (χ3n) is 2.56. The fourth-order valence-electron chi connectivity index (χ4n) is 1.50. The molecule has 23 heavy (non-hydrogen) atoms. The second kappa shape index (κ2) is 12.1. The number of hydrogen-bond acceptors (Lipinski definition) is 6. The van der Waals surface area contributed by atoms with Crippen LogP contribution in [0.15, 0.2) is 24.3 Å². The third-order valence-corrected chi connectivity index (χ3v) is 2.56. The topological polar surface area (TPSA) is 122 Å². The lowest BCUT2D eigenvalue weighted by atomic mass is 10.1. The van der Waals surface area contributed by atoms with Gasteiger partial charge in [0.15, 0.2) is 0 Å². The van der Waals surface area contributed by atoms with E-state index in [0.717, 1.165) is 24.2 Å². The van der Waals surface area contributed by atoms with Gasteiger partial charge in [-0.25, -0.2) is 9.59 Å². The number of hydrogen-bond donors (Lipinski definition) is 3. The summed E-state index contributed by atoms with van der Waals surface area (Å²) in [4.78, 5) is 29.3. The minimum absolute atomic E-state index is 0.213. The molecule has 1 rings (SSSR count). The van der Waals surface area contributed by atoms with Crippen LogP contribution in [0.25, 0.3) is 0 Å². The van der Waals surface area contributed by atoms with Crippen LogP contribution in [0.2, 0.25) is 0 Å². The first kappa shape index (κ1) is 20.6. The summed E-state index contributed by atoms with van der Waals surface area (Å²) in [5, 5.41) is 18.0. The van der Waals surface area contributed by atoms with Crippen LogP contribution < -0.4 is 5.32 Å². The SMILES string of the molecule is COCCNCc1cccc(CC(=O)OC)c1.O=C(O)C(=O)O. The largest absolute Gasteiger partial charge is 0.473 e. The highest BCUT2D eigenvalue weighted by atomic mass is 16.5. The van der Waals surface area contributed by atoms with Crippen molar-refractivity contribution in [2.24, 2.45) is 0 Å². The van der Waals surface area contributed by atoms with Crippen LogP contribution in [0, 0.1) is 0 Å². The summed E-state index contributed by atoms with van der Waals surface area (Å²) in [5.41, 5.74) is 2.13. The number of carboxylic acid groups (broad SMARTS) is 2. The van der Waals surface area contributed by atoms with Crippen LogP contribution in [0.1, 0.15) is 11.1 Å². The van der Waals surface area contributed by atoms with Crippen molar-refractivity contribution in [2.75, 3.05) is 27.4 Å². The second-order valence-electron chi connectivity index (χ2n) is 4.35. The Labute approximate surface area is 134 Å². The van der Waals surface area contributed by atoms with Gasteiger partial charge in [0.1, 0.15) is 0 Å². The van der Waals surface area contributed by atoms with Gasteiger partial charge in [0, 0.05) is 20.2 Å². The molecule has 0 amide bonds. The van der Waals surface area contributed by atoms with E-state index in [0.29, 0.717) is 13.0 Å². The maximum Gasteiger partial charge on any atom is 0.414 e. The lowest BCUT2D eigenvalue weighted by Gasteiger charge is -2.06. The monoisotopic (exact) mass is 327 g/mol. The first-order chi connectivity index (χ1) is 10.9. The van der Waals surface area contributed by atoms with E-state index in [9.17, 15) is 4.79 Å². The number of carboxylic acids is 2. The molecule has 0 bridgehead atoms. The third kappa shape index (κ3) is 10.9. The standard InChI is InChI=1S/C13H19NO3.C2H2O4/c1-16-7-6-14-10-12-5-3-4-11(8-12)9-13(15)17-2;3-1(4)2(5)6/h3-5,8,14H,6-7,9-10H2,1-2H3;(H,3,4)(H,5,6). The van der Waals surface area contributed by atoms with E-state index >= 15 is 0 Å². The minimum atomic E-state index is -1.82. The zero-order valence-corrected chi connectivity index (χ0v) is 13.1. The van der Waals surface area contributed by atoms with Crippen LogP contribution in [-0.2, 0) is 36.8 Å². The van der Waals surface area contributed by atoms with Crippen molar-refractivity contribution in [1.82, 2.24) is 5.32 Å². The summed E-state index contributed by atoms with van der Waals surface area (Å²) in [7, 11) is 3.08. The number of benzene rings is 1. The zero-order valence-electron chi connectivity index (χ0n) is 13.1. The van der Waals surface area contributed by atoms with E-state index in [1.807, 2.05) is 24.3 Å². The summed E-state index contributed by atoms with van der Waals surface area (Å²) in [6.45, 7) is 2.29. The predicted molar refractivity (Wildman–Crippen MR) is 81.0 cm³/mol. The molecule has 3 N–H and O–H groups in total. The molecule has 0 aromatic heterocycles. The molecule has 0 unspecified atom stereocenters. The van der Waals surface area contributed by atoms with Crippen molar-refractivity contribution in [3.8, 4) is 0 Å². The number of methoxy groups -OCH3 is 2. The van der Waals surface area contributed by atoms with Crippen molar-refractivity contribution in [1.29, 1.82) is 0 Å². The Balaban J connectivity index is 0.000000688. The maximum atomic E-state index is 11.1. The fourth-order valence-corrected chi connectivity index (χ4v) is 1.50. The van der Waals surface area contributed by atoms with E-state index in [-0.39, 0.29) is 5.97 Å². The lowest BCUT2D eigenvalue weighted by molar-refractivity contribution is -0.159. The Morgan fingerprint density at radius 1 is 1.09 bits per heavy atom. The molecule has 1 aromatic carbocycles. The Bertz CT molecular complexity index is 504. The Morgan fingerprint density at radius 2 is 1.70 bits per heavy atom. The second-order valence-corrected chi connectivity index (χ2v) is 4.35. The number of rotatable bonds is 7. The van der Waals surface area contributed by atoms with E-state index < -0.39 is 11.9 Å². The smallest absolute Gasteiger partial charge is 0.414 e. The highest BCUT2D eigenvalue weighted by Crippen LogP contribution is 2.06. The van der Waals surface area contributed by atoms with Crippen molar-refractivity contribution >= 4 is 17.9 Å². The highest BCUT2D eigenvalue weighted by molar-refractivity contribution is 6.27. The Kier molecular flexibility index (Phi) is 10.8. The van der Waals surface area contributed by atoms with Crippen molar-refractivity contribution in [2.45, 2.75) is 13.0 Å². The molecule has 128 valence electrons. The van der Waals surface area contributed by atoms with Crippen LogP contribution in [-0.4, -0.2) is 55.5 Å². The first-order valence-electron chi connectivity index (χ1n) is 6.71. The van der Waals surface area contributed by atoms with Crippen LogP contribution in [0.5, 0.6) is 0 Å². The maximum absolute atomic E-state index is 11.1. The average Bonchev–Trinajstić information content (AvgIpc) is 2.52. The van der Waals surface area contributed by atoms with Gasteiger partial charge < -0.3 is 25.0 Å². The number of carbonyl (C=O) groups is 3. The van der Waals surface area contributed by atoms with E-state index in [1.54, 1.807) is 7.11 Å². The highest BCUT2D eigenvalue weighted by Gasteiger charge is 2.04. The summed E-state index contributed by atoms with van der Waals surface area (Å²) >= 11 is 0. The molecular formula is C15H21NO7. The van der Waals surface area contributed by atoms with Gasteiger partial charge in [-0.05, 0) is 11.1 Å². The molecule has 0 saturated heterocycles. The molecule has 0 aliphatic heterocycles. The van der Waals surface area contributed by atoms with Gasteiger partial charge in [0.05, 0.1) is 20.1 Å². The number of nitrogens with one attached hydrogen (secondary N) is 1. The van der Waals surface area contributed by atoms with Crippen molar-refractivity contribution < 1.29 is 34.1 Å². The molecule has 0 spiro atoms. The molecular weight excluding hydrogens is 306 g/mol. The normalized spacial score (nSPS) is 9.48. The molecule has 8 nitrogen and oxygen atoms in total. The summed E-state index contributed by atoms with van der Waals surface area (Å²) in [5.74, 6) is -3.86. The number of ether oxygens (including phenoxy) is 2. The van der Waals surface area contributed by atoms with E-state index in [1.165, 1.54) is 7.11 Å². The van der Waals surface area contributed by atoms with Crippen LogP contribution in [0.3, 0.4) is 0 Å². The van der Waals surface area contributed by atoms with Gasteiger partial charge in [0.25, 0.3) is 0 Å². The van der Waals surface area contributed by atoms with Gasteiger partial charge in [-0.3, -0.25) is 4.79 Å². The average molecular weight is 327 g/mol. The van der Waals surface area contributed by atoms with E-state index in [2.05, 4.69) is 10.1 Å². The van der Waals surface area contributed by atoms with E-state index in [4.69, 9.17) is 24.5 Å². The summed E-state index contributed by atoms with van der Waals surface area (Å²) in [6.07, 6.45) is 0.322. The molecule has 0 saturated carbocycles. The molecule has 0 fully saturated rings. The van der Waals surface area contributed by atoms with Gasteiger partial charge in [0.2, 0.25) is 0 Å². The Hall–Kier alpha value is -2.45. The first-order valence-corrected chi connectivity index (χ1v) is 6.71. The molecule has 1 aromatic rings. The van der Waals surface area contributed by atoms with Crippen LogP contribution in [0.4, 0.5) is 0 Å². The Morgan fingerprint density at radius 3 is 2.22 bits per heavy atom. The fraction of sp³-hybridized carbons (Fsp3) is 0.400. The molecule has 0 aliphatic carbocycles. The lowest BCUT2D eigenvalue weighted by Crippen LogP contribution is -2.18. The number of esters is 1. The molecule has 0 radical (unpaired) electrons. The van der Waals surface area contributed by atoms with Crippen molar-refractivity contribution in [3.63, 3.8) is 0 Å². The van der Waals surface area contributed by atoms with Crippen molar-refractivity contribution in [3.05, 3.63) is 35.4 Å². The summed E-state index contributed by atoms with van der Waals surface area (Å²) in [6, 6.07) is 7.92. The predicted octanol–water partition coefficient (Wildman–Crippen LogP) is 0.294.